The van der Waals surface area contributed by atoms with Gasteiger partial charge in [0.25, 0.3) is 0 Å². The Balaban J connectivity index is 3.02. The predicted molar refractivity (Wildman–Crippen MR) is 44.8 cm³/mol. The van der Waals surface area contributed by atoms with Crippen LogP contribution in [0.1, 0.15) is 25.3 Å². The molecule has 0 radical (unpaired) electrons. The smallest absolute Gasteiger partial charge is 0.250 e. The molecule has 0 unspecified atom stereocenters. The summed E-state index contributed by atoms with van der Waals surface area (Å²) in [4.78, 5) is 3.82. The fourth-order valence-corrected chi connectivity index (χ4v) is 0.906. The van der Waals surface area contributed by atoms with Crippen molar-refractivity contribution >= 4 is 0 Å². The van der Waals surface area contributed by atoms with E-state index in [2.05, 4.69) is 4.98 Å². The molecule has 0 aliphatic rings. The average molecular weight is 169 g/mol. The summed E-state index contributed by atoms with van der Waals surface area (Å²) in [5.74, 6) is -0.0546. The van der Waals surface area contributed by atoms with Crippen molar-refractivity contribution < 1.29 is 9.13 Å². The van der Waals surface area contributed by atoms with Gasteiger partial charge in [0.15, 0.2) is 5.82 Å². The number of hydrogen-bond acceptors (Lipinski definition) is 2. The second-order valence-corrected chi connectivity index (χ2v) is 2.91. The van der Waals surface area contributed by atoms with E-state index in [4.69, 9.17) is 4.74 Å². The molecule has 0 spiro atoms. The molecule has 0 fully saturated rings. The SMILES string of the molecule is COc1ncc(C(C)C)cc1F. The minimum Gasteiger partial charge on any atom is -0.479 e. The van der Waals surface area contributed by atoms with E-state index in [0.717, 1.165) is 5.56 Å². The van der Waals surface area contributed by atoms with E-state index in [1.165, 1.54) is 13.2 Å². The van der Waals surface area contributed by atoms with Gasteiger partial charge in [0.05, 0.1) is 7.11 Å². The molecule has 0 aromatic carbocycles. The van der Waals surface area contributed by atoms with Gasteiger partial charge < -0.3 is 4.74 Å². The van der Waals surface area contributed by atoms with Crippen LogP contribution in [0.4, 0.5) is 4.39 Å². The first-order valence-electron chi connectivity index (χ1n) is 3.84. The number of hydrogen-bond donors (Lipinski definition) is 0. The highest BCUT2D eigenvalue weighted by atomic mass is 19.1. The van der Waals surface area contributed by atoms with Gasteiger partial charge in [-0.3, -0.25) is 0 Å². The van der Waals surface area contributed by atoms with E-state index in [-0.39, 0.29) is 11.8 Å². The maximum absolute atomic E-state index is 13.0. The quantitative estimate of drug-likeness (QED) is 0.678. The maximum Gasteiger partial charge on any atom is 0.250 e. The summed E-state index contributed by atoms with van der Waals surface area (Å²) in [6.07, 6.45) is 1.63. The summed E-state index contributed by atoms with van der Waals surface area (Å²) in [6, 6.07) is 1.45. The first kappa shape index (κ1) is 8.97. The van der Waals surface area contributed by atoms with Gasteiger partial charge in [-0.05, 0) is 17.5 Å². The topological polar surface area (TPSA) is 22.1 Å². The van der Waals surface area contributed by atoms with Crippen LogP contribution in [0.5, 0.6) is 5.88 Å². The van der Waals surface area contributed by atoms with Crippen LogP contribution in [0.25, 0.3) is 0 Å². The summed E-state index contributed by atoms with van der Waals surface area (Å²) in [7, 11) is 1.40. The van der Waals surface area contributed by atoms with Gasteiger partial charge in [0, 0.05) is 6.20 Å². The summed E-state index contributed by atoms with van der Waals surface area (Å²) in [6.45, 7) is 3.98. The van der Waals surface area contributed by atoms with Gasteiger partial charge in [-0.2, -0.15) is 0 Å². The first-order chi connectivity index (χ1) is 5.65. The van der Waals surface area contributed by atoms with Crippen molar-refractivity contribution in [2.24, 2.45) is 0 Å². The highest BCUT2D eigenvalue weighted by Gasteiger charge is 2.06. The number of pyridine rings is 1. The normalized spacial score (nSPS) is 10.4. The molecule has 0 aliphatic carbocycles. The molecule has 2 nitrogen and oxygen atoms in total. The molecule has 0 bridgehead atoms. The second-order valence-electron chi connectivity index (χ2n) is 2.91. The third-order valence-corrected chi connectivity index (χ3v) is 1.69. The van der Waals surface area contributed by atoms with E-state index in [9.17, 15) is 4.39 Å². The number of methoxy groups -OCH3 is 1. The minimum atomic E-state index is -0.399. The van der Waals surface area contributed by atoms with Crippen molar-refractivity contribution in [3.05, 3.63) is 23.6 Å². The fraction of sp³-hybridized carbons (Fsp3) is 0.444. The summed E-state index contributed by atoms with van der Waals surface area (Å²) >= 11 is 0. The lowest BCUT2D eigenvalue weighted by Crippen LogP contribution is -1.95. The summed E-state index contributed by atoms with van der Waals surface area (Å²) in [5.41, 5.74) is 0.883. The molecule has 3 heteroatoms. The number of rotatable bonds is 2. The molecule has 0 saturated carbocycles. The van der Waals surface area contributed by atoms with Crippen molar-refractivity contribution in [3.8, 4) is 5.88 Å². The highest BCUT2D eigenvalue weighted by Crippen LogP contribution is 2.19. The zero-order valence-corrected chi connectivity index (χ0v) is 7.47. The Hall–Kier alpha value is -1.12. The van der Waals surface area contributed by atoms with E-state index in [1.807, 2.05) is 13.8 Å². The van der Waals surface area contributed by atoms with Crippen LogP contribution < -0.4 is 4.74 Å². The molecule has 1 heterocycles. The van der Waals surface area contributed by atoms with Crippen LogP contribution >= 0.6 is 0 Å². The van der Waals surface area contributed by atoms with Gasteiger partial charge in [-0.15, -0.1) is 0 Å². The van der Waals surface area contributed by atoms with E-state index in [0.29, 0.717) is 0 Å². The van der Waals surface area contributed by atoms with Crippen molar-refractivity contribution in [2.45, 2.75) is 19.8 Å². The maximum atomic E-state index is 13.0. The number of ether oxygens (including phenoxy) is 1. The van der Waals surface area contributed by atoms with Crippen molar-refractivity contribution in [1.82, 2.24) is 4.98 Å². The van der Waals surface area contributed by atoms with Crippen molar-refractivity contribution in [3.63, 3.8) is 0 Å². The number of nitrogens with zero attached hydrogens (tertiary/aromatic N) is 1. The molecular weight excluding hydrogens is 157 g/mol. The Morgan fingerprint density at radius 1 is 1.50 bits per heavy atom. The largest absolute Gasteiger partial charge is 0.479 e. The highest BCUT2D eigenvalue weighted by molar-refractivity contribution is 5.22. The standard InChI is InChI=1S/C9H12FNO/c1-6(2)7-4-8(10)9(12-3)11-5-7/h4-6H,1-3H3. The Bertz CT molecular complexity index is 273. The number of aromatic nitrogens is 1. The first-order valence-corrected chi connectivity index (χ1v) is 3.84. The molecule has 0 amide bonds. The molecule has 0 N–H and O–H groups in total. The third-order valence-electron chi connectivity index (χ3n) is 1.69. The molecule has 0 aliphatic heterocycles. The fourth-order valence-electron chi connectivity index (χ4n) is 0.906. The molecule has 66 valence electrons. The summed E-state index contributed by atoms with van der Waals surface area (Å²) < 4.78 is 17.7. The zero-order chi connectivity index (χ0) is 9.14. The Kier molecular flexibility index (Phi) is 2.63. The number of halogens is 1. The van der Waals surface area contributed by atoms with Crippen molar-refractivity contribution in [1.29, 1.82) is 0 Å². The lowest BCUT2D eigenvalue weighted by Gasteiger charge is -2.06. The van der Waals surface area contributed by atoms with Crippen LogP contribution in [0.15, 0.2) is 12.3 Å². The van der Waals surface area contributed by atoms with Crippen LogP contribution in [0, 0.1) is 5.82 Å². The zero-order valence-electron chi connectivity index (χ0n) is 7.47. The monoisotopic (exact) mass is 169 g/mol. The lowest BCUT2D eigenvalue weighted by atomic mass is 10.1. The van der Waals surface area contributed by atoms with E-state index < -0.39 is 5.82 Å². The van der Waals surface area contributed by atoms with Crippen LogP contribution in [0.2, 0.25) is 0 Å². The van der Waals surface area contributed by atoms with Crippen LogP contribution in [-0.2, 0) is 0 Å². The van der Waals surface area contributed by atoms with Crippen molar-refractivity contribution in [2.75, 3.05) is 7.11 Å². The molecule has 1 aromatic heterocycles. The van der Waals surface area contributed by atoms with E-state index in [1.54, 1.807) is 6.20 Å². The molecule has 0 saturated heterocycles. The Labute approximate surface area is 71.4 Å². The Morgan fingerprint density at radius 2 is 2.17 bits per heavy atom. The van der Waals surface area contributed by atoms with E-state index >= 15 is 0 Å². The molecular formula is C9H12FNO. The molecule has 1 rings (SSSR count). The lowest BCUT2D eigenvalue weighted by molar-refractivity contribution is 0.368. The molecule has 0 atom stereocenters. The van der Waals surface area contributed by atoms with Crippen LogP contribution in [0.3, 0.4) is 0 Å². The van der Waals surface area contributed by atoms with Crippen LogP contribution in [-0.4, -0.2) is 12.1 Å². The van der Waals surface area contributed by atoms with Gasteiger partial charge in [0.1, 0.15) is 0 Å². The minimum absolute atomic E-state index is 0.0550. The molecule has 12 heavy (non-hydrogen) atoms. The third kappa shape index (κ3) is 1.72. The van der Waals surface area contributed by atoms with Gasteiger partial charge in [0.2, 0.25) is 5.88 Å². The summed E-state index contributed by atoms with van der Waals surface area (Å²) in [5, 5.41) is 0. The molecule has 1 aromatic rings. The van der Waals surface area contributed by atoms with Gasteiger partial charge in [-0.25, -0.2) is 9.37 Å². The average Bonchev–Trinajstić information content (AvgIpc) is 2.04. The second kappa shape index (κ2) is 3.52. The van der Waals surface area contributed by atoms with Gasteiger partial charge in [-0.1, -0.05) is 13.8 Å². The Morgan fingerprint density at radius 3 is 2.58 bits per heavy atom. The van der Waals surface area contributed by atoms with Gasteiger partial charge >= 0.3 is 0 Å². The predicted octanol–water partition coefficient (Wildman–Crippen LogP) is 2.35.